The van der Waals surface area contributed by atoms with Gasteiger partial charge in [-0.3, -0.25) is 14.7 Å². The molecular formula is C29H20IrN5. The third kappa shape index (κ3) is 6.12. The molecule has 6 rings (SSSR count). The van der Waals surface area contributed by atoms with Crippen LogP contribution < -0.4 is 0 Å². The predicted octanol–water partition coefficient (Wildman–Crippen LogP) is 5.84. The van der Waals surface area contributed by atoms with Gasteiger partial charge >= 0.3 is 20.1 Å². The van der Waals surface area contributed by atoms with Crippen LogP contribution in [0.2, 0.25) is 0 Å². The Kier molecular flexibility index (Phi) is 8.23. The molecule has 0 unspecified atom stereocenters. The molecule has 35 heavy (non-hydrogen) atoms. The van der Waals surface area contributed by atoms with E-state index in [0.29, 0.717) is 0 Å². The molecule has 1 aliphatic heterocycles. The van der Waals surface area contributed by atoms with Gasteiger partial charge in [0.1, 0.15) is 6.17 Å². The Morgan fingerprint density at radius 3 is 1.91 bits per heavy atom. The standard InChI is InChI=1S/C17H11N.C12H9N4.Ir/c1-3-8-14(9-4-1)16-12-7-13-17(18-16)15-10-5-2-6-11-15;1-3-10(12-13-6-7-14-12)9-11(4-1)16-8-2-5-15-16;/h1-8,10,12-13H;1-8,12H;/q-2;-1;+3. The maximum atomic E-state index is 4.65. The summed E-state index contributed by atoms with van der Waals surface area (Å²) in [5.41, 5.74) is 5.75. The summed E-state index contributed by atoms with van der Waals surface area (Å²) in [6.45, 7) is 0. The largest absolute Gasteiger partial charge is 3.00 e. The number of nitrogens with zero attached hydrogens (tertiary/aromatic N) is 5. The molecule has 0 radical (unpaired) electrons. The van der Waals surface area contributed by atoms with Crippen molar-refractivity contribution in [1.29, 1.82) is 0 Å². The Labute approximate surface area is 218 Å². The normalized spacial score (nSPS) is 12.0. The zero-order chi connectivity index (χ0) is 23.0. The van der Waals surface area contributed by atoms with Crippen LogP contribution >= 0.6 is 0 Å². The average Bonchev–Trinajstić information content (AvgIpc) is 3.66. The van der Waals surface area contributed by atoms with Crippen molar-refractivity contribution in [3.63, 3.8) is 0 Å². The van der Waals surface area contributed by atoms with Gasteiger partial charge in [0, 0.05) is 24.8 Å². The number of rotatable bonds is 4. The molecule has 0 bridgehead atoms. The van der Waals surface area contributed by atoms with Crippen molar-refractivity contribution in [2.75, 3.05) is 0 Å². The topological polar surface area (TPSA) is 55.4 Å². The summed E-state index contributed by atoms with van der Waals surface area (Å²) in [7, 11) is 0. The van der Waals surface area contributed by atoms with Crippen LogP contribution in [0.3, 0.4) is 0 Å². The second kappa shape index (κ2) is 11.9. The van der Waals surface area contributed by atoms with Gasteiger partial charge in [-0.25, -0.2) is 0 Å². The maximum absolute atomic E-state index is 4.65. The molecular weight excluding hydrogens is 611 g/mol. The molecule has 0 saturated carbocycles. The van der Waals surface area contributed by atoms with Gasteiger partial charge in [-0.15, -0.1) is 89.5 Å². The Balaban J connectivity index is 0.000000161. The first-order valence-electron chi connectivity index (χ1n) is 10.9. The van der Waals surface area contributed by atoms with Gasteiger partial charge in [0.2, 0.25) is 0 Å². The van der Waals surface area contributed by atoms with Crippen LogP contribution in [0.15, 0.2) is 113 Å². The smallest absolute Gasteiger partial charge is 0.345 e. The monoisotopic (exact) mass is 631 g/mol. The predicted molar refractivity (Wildman–Crippen MR) is 135 cm³/mol. The molecule has 2 aromatic heterocycles. The third-order valence-electron chi connectivity index (χ3n) is 5.07. The summed E-state index contributed by atoms with van der Waals surface area (Å²) < 4.78 is 1.77. The van der Waals surface area contributed by atoms with Gasteiger partial charge in [0.05, 0.1) is 0 Å². The Morgan fingerprint density at radius 1 is 0.686 bits per heavy atom. The van der Waals surface area contributed by atoms with Crippen LogP contribution in [0.5, 0.6) is 0 Å². The molecule has 0 amide bonds. The van der Waals surface area contributed by atoms with Crippen LogP contribution in [-0.2, 0) is 20.1 Å². The second-order valence-electron chi connectivity index (χ2n) is 7.37. The molecule has 3 aromatic carbocycles. The molecule has 0 saturated heterocycles. The fraction of sp³-hybridized carbons (Fsp3) is 0.0345. The molecule has 170 valence electrons. The summed E-state index contributed by atoms with van der Waals surface area (Å²) in [6.07, 6.45) is 6.90. The zero-order valence-electron chi connectivity index (χ0n) is 18.6. The Bertz CT molecular complexity index is 1330. The summed E-state index contributed by atoms with van der Waals surface area (Å²) in [6, 6.07) is 39.2. The number of aromatic nitrogens is 3. The molecule has 5 aromatic rings. The van der Waals surface area contributed by atoms with E-state index in [-0.39, 0.29) is 26.3 Å². The number of pyridine rings is 1. The maximum Gasteiger partial charge on any atom is 3.00 e. The van der Waals surface area contributed by atoms with Crippen LogP contribution in [-0.4, -0.2) is 27.2 Å². The minimum Gasteiger partial charge on any atom is -0.345 e. The molecule has 5 nitrogen and oxygen atoms in total. The SMILES string of the molecule is [Ir+3].[c-]1c(C2N=CC=N2)cccc1-n1cccn1.[c-]1ccccc1-c1cccc(-c2[c-]cccc2)n1. The fourth-order valence-electron chi connectivity index (χ4n) is 3.45. The molecule has 6 heteroatoms. The van der Waals surface area contributed by atoms with Gasteiger partial charge in [-0.1, -0.05) is 18.2 Å². The van der Waals surface area contributed by atoms with E-state index in [9.17, 15) is 0 Å². The molecule has 3 heterocycles. The number of hydrogen-bond donors (Lipinski definition) is 0. The molecule has 0 N–H and O–H groups in total. The van der Waals surface area contributed by atoms with Gasteiger partial charge in [-0.2, -0.15) is 17.2 Å². The van der Waals surface area contributed by atoms with Crippen LogP contribution in [0.25, 0.3) is 28.2 Å². The van der Waals surface area contributed by atoms with E-state index < -0.39 is 0 Å². The number of benzene rings is 3. The van der Waals surface area contributed by atoms with E-state index in [1.54, 1.807) is 23.3 Å². The van der Waals surface area contributed by atoms with Crippen molar-refractivity contribution in [3.8, 4) is 28.2 Å². The van der Waals surface area contributed by atoms with Gasteiger partial charge < -0.3 is 4.98 Å². The van der Waals surface area contributed by atoms with Gasteiger partial charge in [0.25, 0.3) is 0 Å². The average molecular weight is 631 g/mol. The van der Waals surface area contributed by atoms with E-state index in [0.717, 1.165) is 33.8 Å². The number of hydrogen-bond acceptors (Lipinski definition) is 4. The first kappa shape index (κ1) is 24.1. The van der Waals surface area contributed by atoms with Crippen molar-refractivity contribution >= 4 is 12.4 Å². The van der Waals surface area contributed by atoms with Crippen LogP contribution in [0.4, 0.5) is 0 Å². The van der Waals surface area contributed by atoms with Crippen molar-refractivity contribution in [2.24, 2.45) is 9.98 Å². The molecule has 0 fully saturated rings. The van der Waals surface area contributed by atoms with Crippen molar-refractivity contribution in [1.82, 2.24) is 14.8 Å². The summed E-state index contributed by atoms with van der Waals surface area (Å²) >= 11 is 0. The van der Waals surface area contributed by atoms with Crippen molar-refractivity contribution < 1.29 is 20.1 Å². The molecule has 0 spiro atoms. The first-order chi connectivity index (χ1) is 16.9. The Morgan fingerprint density at radius 2 is 1.34 bits per heavy atom. The molecule has 0 atom stereocenters. The quantitative estimate of drug-likeness (QED) is 0.235. The third-order valence-corrected chi connectivity index (χ3v) is 5.07. The van der Waals surface area contributed by atoms with Gasteiger partial charge in [-0.05, 0) is 23.1 Å². The summed E-state index contributed by atoms with van der Waals surface area (Å²) in [5.74, 6) is 0. The zero-order valence-corrected chi connectivity index (χ0v) is 21.0. The van der Waals surface area contributed by atoms with E-state index in [1.165, 1.54) is 0 Å². The summed E-state index contributed by atoms with van der Waals surface area (Å²) in [4.78, 5) is 13.1. The van der Waals surface area contributed by atoms with E-state index in [1.807, 2.05) is 97.2 Å². The molecule has 0 aliphatic carbocycles. The fourth-order valence-corrected chi connectivity index (χ4v) is 3.45. The van der Waals surface area contributed by atoms with Crippen LogP contribution in [0, 0.1) is 18.2 Å². The van der Waals surface area contributed by atoms with E-state index in [4.69, 9.17) is 0 Å². The van der Waals surface area contributed by atoms with E-state index >= 15 is 0 Å². The minimum atomic E-state index is -0.143. The van der Waals surface area contributed by atoms with Crippen molar-refractivity contribution in [3.05, 3.63) is 127 Å². The van der Waals surface area contributed by atoms with E-state index in [2.05, 4.69) is 38.3 Å². The first-order valence-corrected chi connectivity index (χ1v) is 10.9. The van der Waals surface area contributed by atoms with Gasteiger partial charge in [0.15, 0.2) is 0 Å². The number of aliphatic imine (C=N–C) groups is 2. The van der Waals surface area contributed by atoms with Crippen LogP contribution in [0.1, 0.15) is 11.7 Å². The second-order valence-corrected chi connectivity index (χ2v) is 7.37. The Hall–Kier alpha value is -3.99. The summed E-state index contributed by atoms with van der Waals surface area (Å²) in [5, 5.41) is 4.16. The molecule has 1 aliphatic rings. The minimum absolute atomic E-state index is 0. The van der Waals surface area contributed by atoms with Crippen molar-refractivity contribution in [2.45, 2.75) is 6.17 Å².